The van der Waals surface area contributed by atoms with Crippen molar-refractivity contribution in [1.82, 2.24) is 0 Å². The average molecular weight is 224 g/mol. The van der Waals surface area contributed by atoms with Crippen LogP contribution in [0, 0.1) is 23.0 Å². The molecule has 0 bridgehead atoms. The first kappa shape index (κ1) is 12.4. The molecule has 0 aromatic heterocycles. The number of aryl methyl sites for hydroxylation is 1. The minimum absolute atomic E-state index is 0.0982. The van der Waals surface area contributed by atoms with Crippen LogP contribution < -0.4 is 5.32 Å². The van der Waals surface area contributed by atoms with E-state index in [1.807, 2.05) is 6.92 Å². The molecule has 1 rings (SSSR count). The topological polar surface area (TPSA) is 75.4 Å². The smallest absolute Gasteiger partial charge is 0.274 e. The highest BCUT2D eigenvalue weighted by Crippen LogP contribution is 2.22. The van der Waals surface area contributed by atoms with Crippen LogP contribution in [0.4, 0.5) is 11.4 Å². The lowest BCUT2D eigenvalue weighted by Crippen LogP contribution is -2.14. The number of hydrogen-bond acceptors (Lipinski definition) is 4. The van der Waals surface area contributed by atoms with Crippen LogP contribution in [0.25, 0.3) is 0 Å². The maximum atomic E-state index is 10.7. The van der Waals surface area contributed by atoms with Gasteiger partial charge >= 0.3 is 0 Å². The van der Waals surface area contributed by atoms with E-state index in [1.165, 1.54) is 6.07 Å². The predicted molar refractivity (Wildman–Crippen MR) is 62.6 cm³/mol. The van der Waals surface area contributed by atoms with E-state index in [0.717, 1.165) is 0 Å². The molecule has 1 atom stereocenters. The van der Waals surface area contributed by atoms with Gasteiger partial charge in [-0.3, -0.25) is 10.1 Å². The fourth-order valence-corrected chi connectivity index (χ4v) is 1.27. The number of nitrogens with one attached hydrogen (secondary N) is 1. The van der Waals surface area contributed by atoms with E-state index in [0.29, 0.717) is 17.8 Å². The molecule has 0 spiro atoms. The third kappa shape index (κ3) is 3.20. The van der Waals surface area contributed by atoms with Gasteiger partial charge in [0.2, 0.25) is 0 Å². The number of anilines is 1. The van der Waals surface area contributed by atoms with Gasteiger partial charge in [0, 0.05) is 30.5 Å². The Morgan fingerprint density at radius 2 is 2.25 bits per heavy atom. The van der Waals surface area contributed by atoms with Gasteiger partial charge in [-0.1, -0.05) is 13.0 Å². The van der Waals surface area contributed by atoms with Crippen molar-refractivity contribution >= 4 is 11.4 Å². The fourth-order valence-electron chi connectivity index (χ4n) is 1.27. The highest BCUT2D eigenvalue weighted by atomic mass is 16.6. The quantitative estimate of drug-likeness (QED) is 0.592. The average Bonchev–Trinajstić information content (AvgIpc) is 2.27. The summed E-state index contributed by atoms with van der Waals surface area (Å²) < 4.78 is 0. The standard InChI is InChI=1S/C11H16N2O3/c1-8(7-14)6-12-10-4-3-9(2)11(5-10)13(15)16/h3-5,8,12,14H,6-7H2,1-2H3. The third-order valence-corrected chi connectivity index (χ3v) is 2.37. The van der Waals surface area contributed by atoms with Crippen LogP contribution in [0.5, 0.6) is 0 Å². The zero-order valence-corrected chi connectivity index (χ0v) is 9.43. The fraction of sp³-hybridized carbons (Fsp3) is 0.455. The number of nitrogens with zero attached hydrogens (tertiary/aromatic N) is 1. The van der Waals surface area contributed by atoms with E-state index >= 15 is 0 Å². The van der Waals surface area contributed by atoms with Gasteiger partial charge in [-0.15, -0.1) is 0 Å². The van der Waals surface area contributed by atoms with Gasteiger partial charge in [0.1, 0.15) is 0 Å². The van der Waals surface area contributed by atoms with Gasteiger partial charge in [-0.25, -0.2) is 0 Å². The highest BCUT2D eigenvalue weighted by molar-refractivity contribution is 5.54. The van der Waals surface area contributed by atoms with Crippen LogP contribution in [0.15, 0.2) is 18.2 Å². The molecule has 0 amide bonds. The van der Waals surface area contributed by atoms with Crippen molar-refractivity contribution in [3.05, 3.63) is 33.9 Å². The summed E-state index contributed by atoms with van der Waals surface area (Å²) in [5, 5.41) is 22.6. The summed E-state index contributed by atoms with van der Waals surface area (Å²) in [5.41, 5.74) is 1.46. The lowest BCUT2D eigenvalue weighted by molar-refractivity contribution is -0.385. The number of aliphatic hydroxyl groups is 1. The molecule has 5 heteroatoms. The van der Waals surface area contributed by atoms with Crippen molar-refractivity contribution in [2.75, 3.05) is 18.5 Å². The molecule has 0 saturated carbocycles. The molecule has 0 aliphatic carbocycles. The molecule has 0 heterocycles. The molecular formula is C11H16N2O3. The molecule has 16 heavy (non-hydrogen) atoms. The Balaban J connectivity index is 2.75. The van der Waals surface area contributed by atoms with E-state index < -0.39 is 4.92 Å². The molecule has 0 fully saturated rings. The summed E-state index contributed by atoms with van der Waals surface area (Å²) in [4.78, 5) is 10.3. The minimum Gasteiger partial charge on any atom is -0.396 e. The van der Waals surface area contributed by atoms with Crippen molar-refractivity contribution in [3.8, 4) is 0 Å². The Kier molecular flexibility index (Phi) is 4.25. The number of hydrogen-bond donors (Lipinski definition) is 2. The lowest BCUT2D eigenvalue weighted by atomic mass is 10.1. The molecule has 5 nitrogen and oxygen atoms in total. The second-order valence-corrected chi connectivity index (χ2v) is 3.93. The van der Waals surface area contributed by atoms with Gasteiger partial charge in [0.15, 0.2) is 0 Å². The van der Waals surface area contributed by atoms with E-state index in [2.05, 4.69) is 5.32 Å². The van der Waals surface area contributed by atoms with Crippen LogP contribution in [0.1, 0.15) is 12.5 Å². The maximum Gasteiger partial charge on any atom is 0.274 e. The Morgan fingerprint density at radius 3 is 2.81 bits per heavy atom. The molecule has 1 aromatic carbocycles. The Labute approximate surface area is 94.3 Å². The Bertz CT molecular complexity index is 379. The van der Waals surface area contributed by atoms with Crippen molar-refractivity contribution < 1.29 is 10.0 Å². The summed E-state index contributed by atoms with van der Waals surface area (Å²) >= 11 is 0. The maximum absolute atomic E-state index is 10.7. The summed E-state index contributed by atoms with van der Waals surface area (Å²) in [6.45, 7) is 4.30. The first-order chi connectivity index (χ1) is 7.54. The Hall–Kier alpha value is -1.62. The van der Waals surface area contributed by atoms with E-state index in [9.17, 15) is 10.1 Å². The molecule has 2 N–H and O–H groups in total. The summed E-state index contributed by atoms with van der Waals surface area (Å²) in [6, 6.07) is 5.02. The van der Waals surface area contributed by atoms with Crippen LogP contribution in [0.2, 0.25) is 0 Å². The van der Waals surface area contributed by atoms with Crippen molar-refractivity contribution in [2.45, 2.75) is 13.8 Å². The number of nitro benzene ring substituents is 1. The summed E-state index contributed by atoms with van der Waals surface area (Å²) in [6.07, 6.45) is 0. The van der Waals surface area contributed by atoms with E-state index in [4.69, 9.17) is 5.11 Å². The second-order valence-electron chi connectivity index (χ2n) is 3.93. The molecule has 1 unspecified atom stereocenters. The van der Waals surface area contributed by atoms with Crippen LogP contribution in [-0.2, 0) is 0 Å². The molecule has 0 saturated heterocycles. The van der Waals surface area contributed by atoms with Crippen LogP contribution in [0.3, 0.4) is 0 Å². The minimum atomic E-state index is -0.393. The van der Waals surface area contributed by atoms with Gasteiger partial charge in [-0.05, 0) is 18.9 Å². The molecule has 0 aliphatic rings. The molecule has 0 radical (unpaired) electrons. The first-order valence-electron chi connectivity index (χ1n) is 5.14. The number of nitro groups is 1. The van der Waals surface area contributed by atoms with Crippen LogP contribution in [-0.4, -0.2) is 23.2 Å². The zero-order chi connectivity index (χ0) is 12.1. The van der Waals surface area contributed by atoms with Crippen molar-refractivity contribution in [3.63, 3.8) is 0 Å². The number of benzene rings is 1. The molecular weight excluding hydrogens is 208 g/mol. The molecule has 88 valence electrons. The predicted octanol–water partition coefficient (Wildman–Crippen LogP) is 1.94. The summed E-state index contributed by atoms with van der Waals surface area (Å²) in [5.74, 6) is 0.125. The SMILES string of the molecule is Cc1ccc(NCC(C)CO)cc1[N+](=O)[O-]. The van der Waals surface area contributed by atoms with Crippen molar-refractivity contribution in [2.24, 2.45) is 5.92 Å². The first-order valence-corrected chi connectivity index (χ1v) is 5.14. The zero-order valence-electron chi connectivity index (χ0n) is 9.43. The Morgan fingerprint density at radius 1 is 1.56 bits per heavy atom. The van der Waals surface area contributed by atoms with Gasteiger partial charge in [-0.2, -0.15) is 0 Å². The highest BCUT2D eigenvalue weighted by Gasteiger charge is 2.10. The third-order valence-electron chi connectivity index (χ3n) is 2.37. The van der Waals surface area contributed by atoms with Gasteiger partial charge in [0.25, 0.3) is 5.69 Å². The lowest BCUT2D eigenvalue weighted by Gasteiger charge is -2.11. The summed E-state index contributed by atoms with van der Waals surface area (Å²) in [7, 11) is 0. The second kappa shape index (κ2) is 5.46. The van der Waals surface area contributed by atoms with Gasteiger partial charge in [0.05, 0.1) is 4.92 Å². The normalized spacial score (nSPS) is 12.2. The number of aliphatic hydroxyl groups excluding tert-OH is 1. The van der Waals surface area contributed by atoms with Crippen molar-refractivity contribution in [1.29, 1.82) is 0 Å². The van der Waals surface area contributed by atoms with Crippen LogP contribution >= 0.6 is 0 Å². The number of rotatable bonds is 5. The molecule has 1 aromatic rings. The largest absolute Gasteiger partial charge is 0.396 e. The monoisotopic (exact) mass is 224 g/mol. The van der Waals surface area contributed by atoms with E-state index in [-0.39, 0.29) is 18.2 Å². The van der Waals surface area contributed by atoms with E-state index in [1.54, 1.807) is 19.1 Å². The van der Waals surface area contributed by atoms with Gasteiger partial charge < -0.3 is 10.4 Å². The molecule has 0 aliphatic heterocycles.